The number of aromatic nitrogens is 4. The first-order chi connectivity index (χ1) is 29.9. The van der Waals surface area contributed by atoms with Crippen molar-refractivity contribution in [1.82, 2.24) is 29.7 Å². The summed E-state index contributed by atoms with van der Waals surface area (Å²) in [6.45, 7) is 2.04. The minimum atomic E-state index is -4.42. The molecule has 18 nitrogen and oxygen atoms in total. The first kappa shape index (κ1) is 45.7. The molecule has 0 spiro atoms. The fourth-order valence-corrected chi connectivity index (χ4v) is 9.63. The monoisotopic (exact) mass is 905 g/mol. The van der Waals surface area contributed by atoms with Crippen molar-refractivity contribution in [3.05, 3.63) is 149 Å². The Balaban J connectivity index is 1.22. The lowest BCUT2D eigenvalue weighted by atomic mass is 10.2. The van der Waals surface area contributed by atoms with E-state index in [1.807, 2.05) is 36.4 Å². The van der Waals surface area contributed by atoms with E-state index >= 15 is 0 Å². The summed E-state index contributed by atoms with van der Waals surface area (Å²) in [4.78, 5) is 49.5. The number of para-hydroxylation sites is 2. The number of anilines is 1. The van der Waals surface area contributed by atoms with Crippen LogP contribution in [0.4, 0.5) is 5.95 Å². The van der Waals surface area contributed by atoms with Crippen molar-refractivity contribution in [2.24, 2.45) is 0 Å². The second-order valence-electron chi connectivity index (χ2n) is 13.5. The summed E-state index contributed by atoms with van der Waals surface area (Å²) >= 11 is 1.15. The van der Waals surface area contributed by atoms with Crippen LogP contribution >= 0.6 is 27.3 Å². The highest BCUT2D eigenvalue weighted by molar-refractivity contribution is 7.99. The Kier molecular flexibility index (Phi) is 16.1. The van der Waals surface area contributed by atoms with Gasteiger partial charge < -0.3 is 28.8 Å². The van der Waals surface area contributed by atoms with Gasteiger partial charge in [0.25, 0.3) is 5.56 Å². The number of nitrogens with zero attached hydrogens (tertiary/aromatic N) is 3. The third-order valence-electron chi connectivity index (χ3n) is 8.60. The largest absolute Gasteiger partial charge is 0.460 e. The highest BCUT2D eigenvalue weighted by Gasteiger charge is 2.36. The molecule has 5 N–H and O–H groups in total. The summed E-state index contributed by atoms with van der Waals surface area (Å²) in [5, 5.41) is 4.50. The number of nitrogen functional groups attached to an aromatic ring is 1. The van der Waals surface area contributed by atoms with Gasteiger partial charge in [0, 0.05) is 0 Å². The van der Waals surface area contributed by atoms with E-state index < -0.39 is 63.5 Å². The SMILES string of the molecule is C[C@H](NP(=O)(OCC(COP(=O)(N[C@@H](C)C(=O)OCc1ccccc1)Oc1ccccc1)SCn1cnc2c(=O)[nH]c(N)nc21)Oc1ccccc1)C(=O)OCc1ccccc1. The van der Waals surface area contributed by atoms with Crippen molar-refractivity contribution in [1.29, 1.82) is 0 Å². The zero-order valence-electron chi connectivity index (χ0n) is 33.6. The van der Waals surface area contributed by atoms with Crippen molar-refractivity contribution in [2.75, 3.05) is 18.9 Å². The maximum absolute atomic E-state index is 14.6. The second kappa shape index (κ2) is 21.8. The van der Waals surface area contributed by atoms with Gasteiger partial charge in [0.05, 0.1) is 30.7 Å². The van der Waals surface area contributed by atoms with E-state index in [4.69, 9.17) is 33.3 Å². The molecule has 2 heterocycles. The van der Waals surface area contributed by atoms with Gasteiger partial charge in [0.2, 0.25) is 5.95 Å². The van der Waals surface area contributed by atoms with Crippen molar-refractivity contribution in [2.45, 2.75) is 50.3 Å². The normalized spacial score (nSPS) is 14.7. The molecule has 4 aromatic carbocycles. The first-order valence-corrected chi connectivity index (χ1v) is 23.3. The molecular weight excluding hydrogens is 861 g/mol. The fraction of sp³-hybridized carbons (Fsp3) is 0.244. The van der Waals surface area contributed by atoms with Crippen LogP contribution < -0.4 is 30.5 Å². The van der Waals surface area contributed by atoms with Gasteiger partial charge >= 0.3 is 27.4 Å². The lowest BCUT2D eigenvalue weighted by molar-refractivity contribution is -0.147. The van der Waals surface area contributed by atoms with Crippen LogP contribution in [0.2, 0.25) is 0 Å². The molecule has 2 aromatic heterocycles. The van der Waals surface area contributed by atoms with E-state index in [9.17, 15) is 23.5 Å². The third kappa shape index (κ3) is 13.6. The molecule has 0 radical (unpaired) electrons. The summed E-state index contributed by atoms with van der Waals surface area (Å²) in [7, 11) is -8.83. The van der Waals surface area contributed by atoms with Gasteiger partial charge in [-0.3, -0.25) is 28.4 Å². The van der Waals surface area contributed by atoms with Crippen LogP contribution in [0.25, 0.3) is 11.2 Å². The number of hydrogen-bond acceptors (Lipinski definition) is 15. The fourth-order valence-electron chi connectivity index (χ4n) is 5.47. The van der Waals surface area contributed by atoms with Gasteiger partial charge in [0.1, 0.15) is 36.8 Å². The molecule has 0 aliphatic carbocycles. The average Bonchev–Trinajstić information content (AvgIpc) is 3.68. The number of aromatic amines is 1. The van der Waals surface area contributed by atoms with E-state index in [1.165, 1.54) is 20.2 Å². The number of rotatable bonds is 23. The van der Waals surface area contributed by atoms with Crippen LogP contribution in [0, 0.1) is 0 Å². The van der Waals surface area contributed by atoms with Crippen molar-refractivity contribution < 1.29 is 46.3 Å². The van der Waals surface area contributed by atoms with Gasteiger partial charge in [0.15, 0.2) is 11.2 Å². The first-order valence-electron chi connectivity index (χ1n) is 19.1. The summed E-state index contributed by atoms with van der Waals surface area (Å²) in [6, 6.07) is 32.1. The van der Waals surface area contributed by atoms with Gasteiger partial charge in [-0.05, 0) is 49.2 Å². The molecule has 4 atom stereocenters. The zero-order chi connectivity index (χ0) is 44.0. The van der Waals surface area contributed by atoms with E-state index in [0.29, 0.717) is 0 Å². The number of carbonyl (C=O) groups excluding carboxylic acids is 2. The Morgan fingerprint density at radius 1 is 0.726 bits per heavy atom. The van der Waals surface area contributed by atoms with Gasteiger partial charge in [-0.25, -0.2) is 14.1 Å². The predicted octanol–water partition coefficient (Wildman–Crippen LogP) is 6.61. The molecule has 0 saturated heterocycles. The average molecular weight is 906 g/mol. The molecule has 62 heavy (non-hydrogen) atoms. The summed E-state index contributed by atoms with van der Waals surface area (Å²) in [5.74, 6) is -1.17. The molecule has 6 aromatic rings. The predicted molar refractivity (Wildman–Crippen MR) is 233 cm³/mol. The van der Waals surface area contributed by atoms with E-state index in [0.717, 1.165) is 22.9 Å². The van der Waals surface area contributed by atoms with E-state index in [2.05, 4.69) is 25.1 Å². The number of fused-ring (bicyclic) bond motifs is 1. The van der Waals surface area contributed by atoms with Crippen LogP contribution in [-0.4, -0.2) is 62.0 Å². The molecule has 0 saturated carbocycles. The number of carbonyl (C=O) groups is 2. The van der Waals surface area contributed by atoms with Crippen molar-refractivity contribution >= 4 is 56.3 Å². The Morgan fingerprint density at radius 2 is 1.16 bits per heavy atom. The van der Waals surface area contributed by atoms with Gasteiger partial charge in [-0.15, -0.1) is 11.8 Å². The number of hydrogen-bond donors (Lipinski definition) is 4. The molecule has 0 fully saturated rings. The Morgan fingerprint density at radius 3 is 1.61 bits per heavy atom. The van der Waals surface area contributed by atoms with Crippen LogP contribution in [0.3, 0.4) is 0 Å². The molecule has 0 aliphatic heterocycles. The lowest BCUT2D eigenvalue weighted by Crippen LogP contribution is -2.36. The number of nitrogens with two attached hydrogens (primary N) is 1. The molecule has 0 aliphatic rings. The Bertz CT molecular complexity index is 2410. The minimum absolute atomic E-state index is 0.0235. The van der Waals surface area contributed by atoms with Crippen LogP contribution in [0.15, 0.2) is 132 Å². The minimum Gasteiger partial charge on any atom is -0.460 e. The zero-order valence-corrected chi connectivity index (χ0v) is 36.2. The highest BCUT2D eigenvalue weighted by Crippen LogP contribution is 2.48. The van der Waals surface area contributed by atoms with Gasteiger partial charge in [-0.2, -0.15) is 15.2 Å². The molecule has 0 amide bonds. The van der Waals surface area contributed by atoms with E-state index in [-0.39, 0.29) is 47.7 Å². The van der Waals surface area contributed by atoms with Crippen LogP contribution in [0.1, 0.15) is 25.0 Å². The number of imidazole rings is 1. The maximum atomic E-state index is 14.6. The number of H-pyrrole nitrogens is 1. The summed E-state index contributed by atoms with van der Waals surface area (Å²) in [5.41, 5.74) is 7.01. The van der Waals surface area contributed by atoms with Gasteiger partial charge in [-0.1, -0.05) is 97.1 Å². The van der Waals surface area contributed by atoms with Crippen molar-refractivity contribution in [3.8, 4) is 11.5 Å². The smallest absolute Gasteiger partial charge is 0.459 e. The number of thioether (sulfide) groups is 1. The van der Waals surface area contributed by atoms with Crippen LogP contribution in [0.5, 0.6) is 11.5 Å². The number of esters is 2. The van der Waals surface area contributed by atoms with Crippen molar-refractivity contribution in [3.63, 3.8) is 0 Å². The topological polar surface area (TPSA) is 237 Å². The number of ether oxygens (including phenoxy) is 2. The standard InChI is InChI=1S/C41H45N7O11P2S/c1-29(39(50)54-23-31-15-7-3-8-16-31)46-60(52,58-33-19-11-5-12-20-33)56-25-35(62-28-48-27-43-36-37(48)44-41(42)45-38(36)49)26-57-61(53,59-34-21-13-6-14-22-34)47-30(2)40(51)55-24-32-17-9-4-10-18-32/h3-22,27,29-30,35H,23-26,28H2,1-2H3,(H,46,52)(H,47,53)(H3,42,44,45,49)/t29-,30-,35?,60?,61?/m0/s1. The van der Waals surface area contributed by atoms with E-state index in [1.54, 1.807) is 89.5 Å². The van der Waals surface area contributed by atoms with Crippen LogP contribution in [-0.2, 0) is 56.3 Å². The molecule has 2 unspecified atom stereocenters. The molecular formula is C41H45N7O11P2S. The molecule has 21 heteroatoms. The third-order valence-corrected chi connectivity index (χ3v) is 13.1. The molecule has 326 valence electrons. The highest BCUT2D eigenvalue weighted by atomic mass is 32.2. The number of nitrogens with one attached hydrogen (secondary N) is 3. The summed E-state index contributed by atoms with van der Waals surface area (Å²) in [6.07, 6.45) is 1.39. The Labute approximate surface area is 361 Å². The second-order valence-corrected chi connectivity index (χ2v) is 18.2. The lowest BCUT2D eigenvalue weighted by Gasteiger charge is -2.27. The molecule has 0 bridgehead atoms. The quantitative estimate of drug-likeness (QED) is 0.0391. The Hall–Kier alpha value is -5.78. The molecule has 6 rings (SSSR count). The maximum Gasteiger partial charge on any atom is 0.459 e. The number of benzene rings is 4. The summed E-state index contributed by atoms with van der Waals surface area (Å²) < 4.78 is 65.4.